The van der Waals surface area contributed by atoms with Gasteiger partial charge >= 0.3 is 0 Å². The van der Waals surface area contributed by atoms with E-state index in [9.17, 15) is 13.2 Å². The van der Waals surface area contributed by atoms with Crippen LogP contribution in [0.15, 0.2) is 71.6 Å². The predicted octanol–water partition coefficient (Wildman–Crippen LogP) is 3.61. The van der Waals surface area contributed by atoms with Crippen LogP contribution in [0.5, 0.6) is 17.2 Å². The Hall–Kier alpha value is -3.72. The first-order valence-corrected chi connectivity index (χ1v) is 11.7. The van der Waals surface area contributed by atoms with Crippen molar-refractivity contribution in [2.24, 2.45) is 0 Å². The molecular weight excluding hydrogens is 444 g/mol. The van der Waals surface area contributed by atoms with Crippen LogP contribution in [0.1, 0.15) is 5.56 Å². The van der Waals surface area contributed by atoms with Gasteiger partial charge in [0, 0.05) is 11.8 Å². The number of rotatable bonds is 7. The van der Waals surface area contributed by atoms with E-state index in [1.807, 2.05) is 13.0 Å². The largest absolute Gasteiger partial charge is 0.495 e. The van der Waals surface area contributed by atoms with Gasteiger partial charge in [-0.15, -0.1) is 0 Å². The van der Waals surface area contributed by atoms with Crippen LogP contribution in [-0.4, -0.2) is 41.2 Å². The molecule has 0 bridgehead atoms. The standard InChI is InChI=1S/C24H24N2O6S/c1-17-8-10-21(30-2)20(14-17)26(33(28,29)19-6-4-3-5-7-19)16-24(27)25-18-9-11-22-23(15-18)32-13-12-31-22/h3-11,14-15H,12-13,16H2,1-2H3,(H,25,27). The summed E-state index contributed by atoms with van der Waals surface area (Å²) in [5.41, 5.74) is 1.57. The van der Waals surface area contributed by atoms with Crippen LogP contribution in [0.2, 0.25) is 0 Å². The lowest BCUT2D eigenvalue weighted by Crippen LogP contribution is -2.38. The molecule has 33 heavy (non-hydrogen) atoms. The highest BCUT2D eigenvalue weighted by atomic mass is 32.2. The Morgan fingerprint density at radius 2 is 1.73 bits per heavy atom. The molecule has 0 saturated carbocycles. The van der Waals surface area contributed by atoms with Gasteiger partial charge < -0.3 is 19.5 Å². The molecule has 0 fully saturated rings. The summed E-state index contributed by atoms with van der Waals surface area (Å²) in [4.78, 5) is 13.1. The second kappa shape index (κ2) is 9.41. The van der Waals surface area contributed by atoms with Crippen molar-refractivity contribution >= 4 is 27.3 Å². The van der Waals surface area contributed by atoms with Crippen LogP contribution in [0.25, 0.3) is 0 Å². The Kier molecular flexibility index (Phi) is 6.41. The minimum absolute atomic E-state index is 0.0701. The van der Waals surface area contributed by atoms with Crippen molar-refractivity contribution in [3.63, 3.8) is 0 Å². The quantitative estimate of drug-likeness (QED) is 0.569. The molecule has 9 heteroatoms. The molecule has 4 rings (SSSR count). The second-order valence-corrected chi connectivity index (χ2v) is 9.27. The minimum atomic E-state index is -4.06. The third-order valence-electron chi connectivity index (χ3n) is 5.05. The molecule has 1 heterocycles. The molecule has 1 aliphatic rings. The smallest absolute Gasteiger partial charge is 0.264 e. The van der Waals surface area contributed by atoms with Crippen LogP contribution >= 0.6 is 0 Å². The lowest BCUT2D eigenvalue weighted by molar-refractivity contribution is -0.114. The fourth-order valence-corrected chi connectivity index (χ4v) is 4.91. The Morgan fingerprint density at radius 3 is 2.45 bits per heavy atom. The first kappa shape index (κ1) is 22.5. The number of methoxy groups -OCH3 is 1. The highest BCUT2D eigenvalue weighted by molar-refractivity contribution is 7.92. The third kappa shape index (κ3) is 4.88. The molecule has 3 aromatic rings. The fraction of sp³-hybridized carbons (Fsp3) is 0.208. The molecule has 1 N–H and O–H groups in total. The van der Waals surface area contributed by atoms with Crippen LogP contribution in [0, 0.1) is 6.92 Å². The van der Waals surface area contributed by atoms with E-state index in [1.165, 1.54) is 19.2 Å². The molecule has 8 nitrogen and oxygen atoms in total. The SMILES string of the molecule is COc1ccc(C)cc1N(CC(=O)Nc1ccc2c(c1)OCCO2)S(=O)(=O)c1ccccc1. The highest BCUT2D eigenvalue weighted by Gasteiger charge is 2.29. The predicted molar refractivity (Wildman–Crippen MR) is 125 cm³/mol. The van der Waals surface area contributed by atoms with Crippen molar-refractivity contribution in [1.82, 2.24) is 0 Å². The average Bonchev–Trinajstić information content (AvgIpc) is 2.83. The minimum Gasteiger partial charge on any atom is -0.495 e. The topological polar surface area (TPSA) is 94.2 Å². The zero-order chi connectivity index (χ0) is 23.4. The number of amides is 1. The zero-order valence-corrected chi connectivity index (χ0v) is 19.1. The van der Waals surface area contributed by atoms with Crippen LogP contribution in [0.4, 0.5) is 11.4 Å². The molecule has 172 valence electrons. The number of ether oxygens (including phenoxy) is 3. The van der Waals surface area contributed by atoms with Gasteiger partial charge in [-0.2, -0.15) is 0 Å². The van der Waals surface area contributed by atoms with E-state index < -0.39 is 22.5 Å². The van der Waals surface area contributed by atoms with Gasteiger partial charge in [0.1, 0.15) is 25.5 Å². The number of aryl methyl sites for hydroxylation is 1. The fourth-order valence-electron chi connectivity index (χ4n) is 3.47. The molecule has 1 amide bonds. The molecule has 1 aliphatic heterocycles. The van der Waals surface area contributed by atoms with Crippen LogP contribution in [0.3, 0.4) is 0 Å². The van der Waals surface area contributed by atoms with E-state index in [2.05, 4.69) is 5.32 Å². The molecule has 0 spiro atoms. The maximum atomic E-state index is 13.5. The Bertz CT molecular complexity index is 1260. The number of anilines is 2. The summed E-state index contributed by atoms with van der Waals surface area (Å²) in [6, 6.07) is 18.2. The van der Waals surface area contributed by atoms with Gasteiger partial charge in [-0.25, -0.2) is 8.42 Å². The summed E-state index contributed by atoms with van der Waals surface area (Å²) in [6.45, 7) is 2.26. The maximum Gasteiger partial charge on any atom is 0.264 e. The number of hydrogen-bond acceptors (Lipinski definition) is 6. The van der Waals surface area contributed by atoms with Gasteiger partial charge in [-0.05, 0) is 48.9 Å². The summed E-state index contributed by atoms with van der Waals surface area (Å²) < 4.78 is 44.6. The number of fused-ring (bicyclic) bond motifs is 1. The first-order chi connectivity index (χ1) is 15.9. The van der Waals surface area contributed by atoms with Crippen LogP contribution < -0.4 is 23.8 Å². The number of sulfonamides is 1. The highest BCUT2D eigenvalue weighted by Crippen LogP contribution is 2.34. The normalized spacial score (nSPS) is 12.7. The van der Waals surface area contributed by atoms with Crippen molar-refractivity contribution in [2.45, 2.75) is 11.8 Å². The van der Waals surface area contributed by atoms with Gasteiger partial charge in [-0.3, -0.25) is 9.10 Å². The number of benzene rings is 3. The number of nitrogens with zero attached hydrogens (tertiary/aromatic N) is 1. The number of carbonyl (C=O) groups excluding carboxylic acids is 1. The van der Waals surface area contributed by atoms with E-state index in [1.54, 1.807) is 48.5 Å². The van der Waals surface area contributed by atoms with Gasteiger partial charge in [0.2, 0.25) is 5.91 Å². The zero-order valence-electron chi connectivity index (χ0n) is 18.3. The Balaban J connectivity index is 1.67. The van der Waals surface area contributed by atoms with E-state index >= 15 is 0 Å². The molecule has 0 aromatic heterocycles. The number of carbonyl (C=O) groups is 1. The molecule has 3 aromatic carbocycles. The molecule has 0 atom stereocenters. The number of nitrogens with one attached hydrogen (secondary N) is 1. The van der Waals surface area contributed by atoms with Crippen LogP contribution in [-0.2, 0) is 14.8 Å². The summed E-state index contributed by atoms with van der Waals surface area (Å²) in [7, 11) is -2.60. The first-order valence-electron chi connectivity index (χ1n) is 10.3. The Morgan fingerprint density at radius 1 is 1.00 bits per heavy atom. The van der Waals surface area contributed by atoms with Gasteiger partial charge in [0.15, 0.2) is 11.5 Å². The lowest BCUT2D eigenvalue weighted by Gasteiger charge is -2.26. The average molecular weight is 469 g/mol. The molecule has 0 unspecified atom stereocenters. The molecule has 0 aliphatic carbocycles. The third-order valence-corrected chi connectivity index (χ3v) is 6.82. The van der Waals surface area contributed by atoms with Gasteiger partial charge in [0.05, 0.1) is 17.7 Å². The second-order valence-electron chi connectivity index (χ2n) is 7.41. The van der Waals surface area contributed by atoms with E-state index in [0.29, 0.717) is 36.1 Å². The monoisotopic (exact) mass is 468 g/mol. The van der Waals surface area contributed by atoms with Gasteiger partial charge in [0.25, 0.3) is 10.0 Å². The van der Waals surface area contributed by atoms with E-state index in [4.69, 9.17) is 14.2 Å². The summed E-state index contributed by atoms with van der Waals surface area (Å²) in [5, 5.41) is 2.75. The summed E-state index contributed by atoms with van der Waals surface area (Å²) in [5.74, 6) is 0.937. The van der Waals surface area contributed by atoms with E-state index in [-0.39, 0.29) is 10.6 Å². The van der Waals surface area contributed by atoms with Gasteiger partial charge in [-0.1, -0.05) is 24.3 Å². The van der Waals surface area contributed by atoms with Crippen molar-refractivity contribution in [3.8, 4) is 17.2 Å². The maximum absolute atomic E-state index is 13.5. The van der Waals surface area contributed by atoms with E-state index in [0.717, 1.165) is 9.87 Å². The van der Waals surface area contributed by atoms with Crippen molar-refractivity contribution < 1.29 is 27.4 Å². The lowest BCUT2D eigenvalue weighted by atomic mass is 10.2. The number of hydrogen-bond donors (Lipinski definition) is 1. The van der Waals surface area contributed by atoms with Crippen molar-refractivity contribution in [2.75, 3.05) is 36.5 Å². The van der Waals surface area contributed by atoms with Crippen molar-refractivity contribution in [3.05, 3.63) is 72.3 Å². The molecule has 0 radical (unpaired) electrons. The summed E-state index contributed by atoms with van der Waals surface area (Å²) in [6.07, 6.45) is 0. The van der Waals surface area contributed by atoms with Crippen molar-refractivity contribution in [1.29, 1.82) is 0 Å². The molecular formula is C24H24N2O6S. The Labute approximate surface area is 192 Å². The summed E-state index contributed by atoms with van der Waals surface area (Å²) >= 11 is 0. The molecule has 0 saturated heterocycles.